The van der Waals surface area contributed by atoms with Crippen molar-refractivity contribution in [3.05, 3.63) is 48.6 Å². The van der Waals surface area contributed by atoms with Gasteiger partial charge in [0.05, 0.1) is 12.5 Å². The Morgan fingerprint density at radius 1 is 1.30 bits per heavy atom. The number of carbonyl (C=O) groups excluding carboxylic acids is 1. The zero-order valence-corrected chi connectivity index (χ0v) is 11.5. The van der Waals surface area contributed by atoms with Crippen LogP contribution in [0.25, 0.3) is 0 Å². The quantitative estimate of drug-likeness (QED) is 0.669. The van der Waals surface area contributed by atoms with E-state index in [-0.39, 0.29) is 18.5 Å². The number of hydrogen-bond donors (Lipinski definition) is 3. The van der Waals surface area contributed by atoms with Crippen molar-refractivity contribution in [1.29, 1.82) is 0 Å². The Balaban J connectivity index is 2.68. The largest absolute Gasteiger partial charge is 0.481 e. The summed E-state index contributed by atoms with van der Waals surface area (Å²) < 4.78 is 0. The second-order valence-electron chi connectivity index (χ2n) is 4.60. The van der Waals surface area contributed by atoms with Crippen molar-refractivity contribution >= 4 is 12.0 Å². The van der Waals surface area contributed by atoms with Crippen LogP contribution in [0.1, 0.15) is 31.4 Å². The van der Waals surface area contributed by atoms with Gasteiger partial charge in [0.25, 0.3) is 0 Å². The molecule has 1 aromatic carbocycles. The third-order valence-corrected chi connectivity index (χ3v) is 2.78. The zero-order valence-electron chi connectivity index (χ0n) is 11.5. The summed E-state index contributed by atoms with van der Waals surface area (Å²) in [5.41, 5.74) is 0.765. The van der Waals surface area contributed by atoms with Gasteiger partial charge in [-0.15, -0.1) is 6.58 Å². The van der Waals surface area contributed by atoms with Crippen LogP contribution in [0.3, 0.4) is 0 Å². The Morgan fingerprint density at radius 2 is 1.95 bits per heavy atom. The Bertz CT molecular complexity index is 459. The van der Waals surface area contributed by atoms with Crippen molar-refractivity contribution in [2.24, 2.45) is 0 Å². The van der Waals surface area contributed by atoms with Crippen LogP contribution < -0.4 is 10.6 Å². The van der Waals surface area contributed by atoms with Gasteiger partial charge in [0.1, 0.15) is 0 Å². The summed E-state index contributed by atoms with van der Waals surface area (Å²) in [7, 11) is 0. The number of urea groups is 1. The topological polar surface area (TPSA) is 78.4 Å². The van der Waals surface area contributed by atoms with E-state index < -0.39 is 12.0 Å². The van der Waals surface area contributed by atoms with E-state index in [2.05, 4.69) is 17.2 Å². The molecule has 0 aliphatic heterocycles. The van der Waals surface area contributed by atoms with Crippen LogP contribution in [0.5, 0.6) is 0 Å². The lowest BCUT2D eigenvalue weighted by Gasteiger charge is -2.19. The van der Waals surface area contributed by atoms with Crippen LogP contribution in [0.4, 0.5) is 4.79 Å². The lowest BCUT2D eigenvalue weighted by atomic mass is 10.0. The molecule has 0 saturated carbocycles. The molecule has 0 radical (unpaired) electrons. The normalized spacial score (nSPS) is 13.1. The van der Waals surface area contributed by atoms with E-state index >= 15 is 0 Å². The van der Waals surface area contributed by atoms with Crippen LogP contribution in [0, 0.1) is 0 Å². The number of nitrogens with one attached hydrogen (secondary N) is 2. The molecule has 5 heteroatoms. The van der Waals surface area contributed by atoms with Crippen LogP contribution in [-0.4, -0.2) is 23.1 Å². The molecule has 108 valence electrons. The molecule has 0 fully saturated rings. The molecule has 2 unspecified atom stereocenters. The van der Waals surface area contributed by atoms with Crippen LogP contribution >= 0.6 is 0 Å². The lowest BCUT2D eigenvalue weighted by molar-refractivity contribution is -0.137. The first-order chi connectivity index (χ1) is 9.52. The Kier molecular flexibility index (Phi) is 6.29. The fraction of sp³-hybridized carbons (Fsp3) is 0.333. The smallest absolute Gasteiger partial charge is 0.315 e. The highest BCUT2D eigenvalue weighted by molar-refractivity contribution is 5.76. The average Bonchev–Trinajstić information content (AvgIpc) is 2.38. The van der Waals surface area contributed by atoms with E-state index in [1.165, 1.54) is 0 Å². The van der Waals surface area contributed by atoms with Gasteiger partial charge in [0.2, 0.25) is 0 Å². The predicted octanol–water partition coefficient (Wildman–Crippen LogP) is 2.47. The maximum absolute atomic E-state index is 11.8. The molecule has 0 bridgehead atoms. The first-order valence-corrected chi connectivity index (χ1v) is 6.47. The highest BCUT2D eigenvalue weighted by Gasteiger charge is 2.18. The van der Waals surface area contributed by atoms with E-state index in [1.54, 1.807) is 18.2 Å². The molecule has 1 rings (SSSR count). The molecule has 0 spiro atoms. The van der Waals surface area contributed by atoms with Gasteiger partial charge in [0.15, 0.2) is 0 Å². The van der Waals surface area contributed by atoms with E-state index in [0.29, 0.717) is 6.42 Å². The average molecular weight is 276 g/mol. The Labute approximate surface area is 118 Å². The number of carbonyl (C=O) groups is 2. The number of benzene rings is 1. The number of amides is 2. The Morgan fingerprint density at radius 3 is 2.50 bits per heavy atom. The van der Waals surface area contributed by atoms with E-state index in [9.17, 15) is 9.59 Å². The van der Waals surface area contributed by atoms with Gasteiger partial charge >= 0.3 is 12.0 Å². The highest BCUT2D eigenvalue weighted by atomic mass is 16.4. The van der Waals surface area contributed by atoms with Crippen molar-refractivity contribution in [3.8, 4) is 0 Å². The molecule has 0 aliphatic carbocycles. The summed E-state index contributed by atoms with van der Waals surface area (Å²) in [6.07, 6.45) is 2.21. The van der Waals surface area contributed by atoms with Crippen molar-refractivity contribution in [3.63, 3.8) is 0 Å². The molecule has 2 atom stereocenters. The van der Waals surface area contributed by atoms with Crippen LogP contribution in [-0.2, 0) is 4.79 Å². The second kappa shape index (κ2) is 7.99. The summed E-state index contributed by atoms with van der Waals surface area (Å²) in [4.78, 5) is 22.7. The molecular formula is C15H20N2O3. The third kappa shape index (κ3) is 5.56. The van der Waals surface area contributed by atoms with Crippen molar-refractivity contribution < 1.29 is 14.7 Å². The van der Waals surface area contributed by atoms with Gasteiger partial charge in [-0.25, -0.2) is 4.79 Å². The second-order valence-corrected chi connectivity index (χ2v) is 4.60. The van der Waals surface area contributed by atoms with Crippen molar-refractivity contribution in [2.75, 3.05) is 0 Å². The monoisotopic (exact) mass is 276 g/mol. The first kappa shape index (κ1) is 15.8. The molecule has 1 aromatic rings. The lowest BCUT2D eigenvalue weighted by Crippen LogP contribution is -2.42. The SMILES string of the molecule is C=CCC(C)NC(=O)NC(CC(=O)O)c1ccccc1. The summed E-state index contributed by atoms with van der Waals surface area (Å²) in [6.45, 7) is 5.46. The highest BCUT2D eigenvalue weighted by Crippen LogP contribution is 2.16. The van der Waals surface area contributed by atoms with Gasteiger partial charge in [0, 0.05) is 6.04 Å². The predicted molar refractivity (Wildman–Crippen MR) is 77.4 cm³/mol. The van der Waals surface area contributed by atoms with Crippen molar-refractivity contribution in [2.45, 2.75) is 31.8 Å². The number of aliphatic carboxylic acids is 1. The number of carboxylic acid groups (broad SMARTS) is 1. The molecule has 20 heavy (non-hydrogen) atoms. The molecule has 3 N–H and O–H groups in total. The van der Waals surface area contributed by atoms with Crippen LogP contribution in [0.2, 0.25) is 0 Å². The van der Waals surface area contributed by atoms with E-state index in [0.717, 1.165) is 5.56 Å². The van der Waals surface area contributed by atoms with Gasteiger partial charge in [-0.05, 0) is 18.9 Å². The molecule has 0 heterocycles. The van der Waals surface area contributed by atoms with Gasteiger partial charge < -0.3 is 15.7 Å². The van der Waals surface area contributed by atoms with Crippen LogP contribution in [0.15, 0.2) is 43.0 Å². The standard InChI is InChI=1S/C15H20N2O3/c1-3-7-11(2)16-15(20)17-13(10-14(18)19)12-8-5-4-6-9-12/h3-6,8-9,11,13H,1,7,10H2,2H3,(H,18,19)(H2,16,17,20). The maximum atomic E-state index is 11.8. The van der Waals surface area contributed by atoms with Crippen molar-refractivity contribution in [1.82, 2.24) is 10.6 Å². The summed E-state index contributed by atoms with van der Waals surface area (Å²) in [6, 6.07) is 8.07. The molecular weight excluding hydrogens is 256 g/mol. The Hall–Kier alpha value is -2.30. The van der Waals surface area contributed by atoms with Gasteiger partial charge in [-0.2, -0.15) is 0 Å². The fourth-order valence-corrected chi connectivity index (χ4v) is 1.84. The third-order valence-electron chi connectivity index (χ3n) is 2.78. The summed E-state index contributed by atoms with van der Waals surface area (Å²) in [5, 5.41) is 14.4. The number of hydrogen-bond acceptors (Lipinski definition) is 2. The maximum Gasteiger partial charge on any atom is 0.315 e. The summed E-state index contributed by atoms with van der Waals surface area (Å²) >= 11 is 0. The molecule has 2 amide bonds. The fourth-order valence-electron chi connectivity index (χ4n) is 1.84. The molecule has 0 aromatic heterocycles. The number of carboxylic acids is 1. The molecule has 0 aliphatic rings. The summed E-state index contributed by atoms with van der Waals surface area (Å²) in [5.74, 6) is -0.960. The minimum absolute atomic E-state index is 0.0475. The minimum atomic E-state index is -0.960. The molecule has 5 nitrogen and oxygen atoms in total. The molecule has 0 saturated heterocycles. The van der Waals surface area contributed by atoms with Gasteiger partial charge in [-0.1, -0.05) is 36.4 Å². The van der Waals surface area contributed by atoms with Gasteiger partial charge in [-0.3, -0.25) is 4.79 Å². The number of rotatable bonds is 7. The first-order valence-electron chi connectivity index (χ1n) is 6.47. The zero-order chi connectivity index (χ0) is 15.0. The minimum Gasteiger partial charge on any atom is -0.481 e. The van der Waals surface area contributed by atoms with E-state index in [4.69, 9.17) is 5.11 Å². The van der Waals surface area contributed by atoms with E-state index in [1.807, 2.05) is 25.1 Å².